The average molecular weight is 501 g/mol. The van der Waals surface area contributed by atoms with Crippen molar-refractivity contribution in [3.05, 3.63) is 52.3 Å². The van der Waals surface area contributed by atoms with Crippen LogP contribution in [0.15, 0.2) is 34.9 Å². The van der Waals surface area contributed by atoms with Gasteiger partial charge in [0.25, 0.3) is 11.8 Å². The molecule has 0 saturated heterocycles. The van der Waals surface area contributed by atoms with Crippen molar-refractivity contribution in [2.45, 2.75) is 45.8 Å². The second-order valence-electron chi connectivity index (χ2n) is 7.58. The molecule has 11 heteroatoms. The molecule has 0 radical (unpaired) electrons. The van der Waals surface area contributed by atoms with Gasteiger partial charge in [0.05, 0.1) is 4.47 Å². The van der Waals surface area contributed by atoms with E-state index in [1.165, 1.54) is 12.3 Å². The molecular weight excluding hydrogens is 478 g/mol. The molecule has 0 aliphatic carbocycles. The van der Waals surface area contributed by atoms with Crippen LogP contribution in [0.25, 0.3) is 0 Å². The van der Waals surface area contributed by atoms with Crippen LogP contribution in [-0.2, 0) is 9.53 Å². The third-order valence-electron chi connectivity index (χ3n) is 3.82. The number of alkyl carbamates (subject to hydrolysis) is 1. The second-order valence-corrected chi connectivity index (χ2v) is 8.43. The van der Waals surface area contributed by atoms with Crippen LogP contribution in [0.2, 0.25) is 0 Å². The number of benzene rings is 1. The number of nitrogens with one attached hydrogen (secondary N) is 3. The molecule has 1 aromatic heterocycles. The van der Waals surface area contributed by atoms with E-state index < -0.39 is 41.2 Å². The normalized spacial score (nSPS) is 12.1. The maximum absolute atomic E-state index is 13.4. The van der Waals surface area contributed by atoms with E-state index in [1.54, 1.807) is 27.7 Å². The molecule has 2 rings (SSSR count). The molecule has 0 aliphatic rings. The molecule has 0 saturated carbocycles. The molecule has 1 unspecified atom stereocenters. The van der Waals surface area contributed by atoms with E-state index in [-0.39, 0.29) is 17.8 Å². The number of hydrogen-bond acceptors (Lipinski definition) is 4. The minimum atomic E-state index is -0.927. The second kappa shape index (κ2) is 9.90. The number of ether oxygens (including phenoxy) is 1. The summed E-state index contributed by atoms with van der Waals surface area (Å²) in [5.41, 5.74) is 1.66. The first-order valence-corrected chi connectivity index (χ1v) is 10.1. The predicted octanol–water partition coefficient (Wildman–Crippen LogP) is 4.15. The Bertz CT molecular complexity index is 968. The van der Waals surface area contributed by atoms with Crippen LogP contribution in [-0.4, -0.2) is 34.2 Å². The third kappa shape index (κ3) is 7.06. The Hall–Kier alpha value is -2.95. The molecule has 1 heterocycles. The zero-order valence-electron chi connectivity index (χ0n) is 17.4. The Morgan fingerprint density at radius 3 is 2.32 bits per heavy atom. The summed E-state index contributed by atoms with van der Waals surface area (Å²) in [4.78, 5) is 37.2. The zero-order chi connectivity index (χ0) is 23.3. The first-order valence-electron chi connectivity index (χ1n) is 9.34. The van der Waals surface area contributed by atoms with Crippen LogP contribution in [0.5, 0.6) is 0 Å². The maximum atomic E-state index is 13.4. The summed E-state index contributed by atoms with van der Waals surface area (Å²) in [6.45, 7) is 6.78. The summed E-state index contributed by atoms with van der Waals surface area (Å²) in [6.07, 6.45) is 0.912. The van der Waals surface area contributed by atoms with Crippen molar-refractivity contribution in [1.82, 2.24) is 9.99 Å². The van der Waals surface area contributed by atoms with Gasteiger partial charge in [0.1, 0.15) is 29.0 Å². The van der Waals surface area contributed by atoms with Crippen molar-refractivity contribution in [1.29, 1.82) is 0 Å². The fourth-order valence-electron chi connectivity index (χ4n) is 2.54. The number of anilines is 1. The van der Waals surface area contributed by atoms with Crippen LogP contribution < -0.4 is 16.1 Å². The fourth-order valence-corrected chi connectivity index (χ4v) is 3.02. The van der Waals surface area contributed by atoms with Gasteiger partial charge in [0.15, 0.2) is 0 Å². The average Bonchev–Trinajstić information content (AvgIpc) is 2.97. The number of halogens is 3. The van der Waals surface area contributed by atoms with Gasteiger partial charge in [-0.2, -0.15) is 0 Å². The fraction of sp³-hybridized carbons (Fsp3) is 0.350. The van der Waals surface area contributed by atoms with E-state index in [4.69, 9.17) is 4.74 Å². The quantitative estimate of drug-likeness (QED) is 0.554. The van der Waals surface area contributed by atoms with Crippen LogP contribution in [0.1, 0.15) is 44.6 Å². The minimum Gasteiger partial charge on any atom is -0.444 e. The molecule has 31 heavy (non-hydrogen) atoms. The van der Waals surface area contributed by atoms with Crippen molar-refractivity contribution < 1.29 is 27.9 Å². The molecule has 1 aromatic carbocycles. The molecule has 0 fully saturated rings. The lowest BCUT2D eigenvalue weighted by Gasteiger charge is -2.23. The lowest BCUT2D eigenvalue weighted by molar-refractivity contribution is -0.119. The first-order chi connectivity index (χ1) is 14.4. The van der Waals surface area contributed by atoms with E-state index >= 15 is 0 Å². The van der Waals surface area contributed by atoms with E-state index in [0.29, 0.717) is 10.5 Å². The smallest absolute Gasteiger partial charge is 0.408 e. The van der Waals surface area contributed by atoms with Gasteiger partial charge in [0.2, 0.25) is 0 Å². The van der Waals surface area contributed by atoms with Gasteiger partial charge in [-0.15, -0.1) is 0 Å². The van der Waals surface area contributed by atoms with Crippen molar-refractivity contribution in [2.24, 2.45) is 0 Å². The predicted molar refractivity (Wildman–Crippen MR) is 114 cm³/mol. The highest BCUT2D eigenvalue weighted by atomic mass is 79.9. The number of rotatable bonds is 6. The SMILES string of the molecule is CCC(NC(=O)OC(C)(C)C)C(=O)Nn1ccc(Br)c1C(=O)Nc1cc(F)cc(F)c1. The van der Waals surface area contributed by atoms with Crippen LogP contribution >= 0.6 is 15.9 Å². The summed E-state index contributed by atoms with van der Waals surface area (Å²) < 4.78 is 33.4. The highest BCUT2D eigenvalue weighted by Crippen LogP contribution is 2.20. The van der Waals surface area contributed by atoms with Gasteiger partial charge in [-0.25, -0.2) is 13.6 Å². The molecule has 3 N–H and O–H groups in total. The number of aromatic nitrogens is 1. The van der Waals surface area contributed by atoms with Crippen LogP contribution in [0.4, 0.5) is 19.3 Å². The Morgan fingerprint density at radius 1 is 1.16 bits per heavy atom. The molecule has 8 nitrogen and oxygen atoms in total. The van der Waals surface area contributed by atoms with Crippen molar-refractivity contribution in [3.63, 3.8) is 0 Å². The Labute approximate surface area is 186 Å². The molecule has 1 atom stereocenters. The van der Waals surface area contributed by atoms with Gasteiger partial charge >= 0.3 is 6.09 Å². The lowest BCUT2D eigenvalue weighted by atomic mass is 10.2. The summed E-state index contributed by atoms with van der Waals surface area (Å²) in [5.74, 6) is -3.02. The number of carbonyl (C=O) groups is 3. The molecule has 0 bridgehead atoms. The Kier molecular flexibility index (Phi) is 7.77. The van der Waals surface area contributed by atoms with Crippen molar-refractivity contribution >= 4 is 39.5 Å². The summed E-state index contributed by atoms with van der Waals surface area (Å²) >= 11 is 3.21. The number of carbonyl (C=O) groups excluding carboxylic acids is 3. The first kappa shape index (κ1) is 24.3. The Balaban J connectivity index is 2.14. The number of amides is 3. The molecule has 3 amide bonds. The van der Waals surface area contributed by atoms with Gasteiger partial charge in [0, 0.05) is 18.0 Å². The Morgan fingerprint density at radius 2 is 1.77 bits per heavy atom. The highest BCUT2D eigenvalue weighted by Gasteiger charge is 2.25. The largest absolute Gasteiger partial charge is 0.444 e. The summed E-state index contributed by atoms with van der Waals surface area (Å²) in [7, 11) is 0. The monoisotopic (exact) mass is 500 g/mol. The van der Waals surface area contributed by atoms with Gasteiger partial charge in [-0.1, -0.05) is 6.92 Å². The number of hydrogen-bond donors (Lipinski definition) is 3. The maximum Gasteiger partial charge on any atom is 0.408 e. The third-order valence-corrected chi connectivity index (χ3v) is 4.46. The van der Waals surface area contributed by atoms with Gasteiger partial charge in [-0.3, -0.25) is 19.7 Å². The number of nitrogens with zero attached hydrogens (tertiary/aromatic N) is 1. The minimum absolute atomic E-state index is 0.0230. The topological polar surface area (TPSA) is 101 Å². The van der Waals surface area contributed by atoms with Crippen LogP contribution in [0, 0.1) is 11.6 Å². The zero-order valence-corrected chi connectivity index (χ0v) is 19.0. The standard InChI is InChI=1S/C20H23BrF2N4O4/c1-5-15(25-19(30)31-20(2,3)4)17(28)26-27-7-6-14(21)16(27)18(29)24-13-9-11(22)8-12(23)10-13/h6-10,15H,5H2,1-4H3,(H,24,29)(H,25,30)(H,26,28). The molecular formula is C20H23BrF2N4O4. The highest BCUT2D eigenvalue weighted by molar-refractivity contribution is 9.10. The van der Waals surface area contributed by atoms with E-state index in [1.807, 2.05) is 0 Å². The van der Waals surface area contributed by atoms with E-state index in [0.717, 1.165) is 16.8 Å². The summed E-state index contributed by atoms with van der Waals surface area (Å²) in [6, 6.07) is 3.17. The van der Waals surface area contributed by atoms with Crippen molar-refractivity contribution in [2.75, 3.05) is 10.7 Å². The molecule has 168 valence electrons. The molecule has 2 aromatic rings. The lowest BCUT2D eigenvalue weighted by Crippen LogP contribution is -2.47. The van der Waals surface area contributed by atoms with Crippen molar-refractivity contribution in [3.8, 4) is 0 Å². The van der Waals surface area contributed by atoms with Gasteiger partial charge in [-0.05, 0) is 61.3 Å². The molecule has 0 spiro atoms. The van der Waals surface area contributed by atoms with E-state index in [2.05, 4.69) is 32.0 Å². The molecule has 0 aliphatic heterocycles. The van der Waals surface area contributed by atoms with Crippen LogP contribution in [0.3, 0.4) is 0 Å². The summed E-state index contributed by atoms with van der Waals surface area (Å²) in [5, 5.41) is 4.84. The van der Waals surface area contributed by atoms with E-state index in [9.17, 15) is 23.2 Å². The van der Waals surface area contributed by atoms with Gasteiger partial charge < -0.3 is 15.4 Å².